The van der Waals surface area contributed by atoms with Crippen LogP contribution in [-0.2, 0) is 6.42 Å². The van der Waals surface area contributed by atoms with Crippen LogP contribution < -0.4 is 5.32 Å². The molecule has 3 nitrogen and oxygen atoms in total. The SMILES string of the molecule is CCc1c(C(C)NCC(C)(C)CO)oc2ccccc12. The minimum Gasteiger partial charge on any atom is -0.459 e. The second-order valence-electron chi connectivity index (χ2n) is 6.22. The zero-order valence-corrected chi connectivity index (χ0v) is 12.9. The number of rotatable bonds is 6. The Morgan fingerprint density at radius 3 is 2.65 bits per heavy atom. The van der Waals surface area contributed by atoms with Crippen LogP contribution in [0.4, 0.5) is 0 Å². The molecule has 0 saturated heterocycles. The summed E-state index contributed by atoms with van der Waals surface area (Å²) in [5, 5.41) is 14.0. The molecule has 0 radical (unpaired) electrons. The van der Waals surface area contributed by atoms with Crippen molar-refractivity contribution in [3.05, 3.63) is 35.6 Å². The first-order valence-electron chi connectivity index (χ1n) is 7.33. The first-order valence-corrected chi connectivity index (χ1v) is 7.33. The molecule has 0 amide bonds. The zero-order chi connectivity index (χ0) is 14.8. The first-order chi connectivity index (χ1) is 9.48. The molecule has 110 valence electrons. The molecule has 1 unspecified atom stereocenters. The van der Waals surface area contributed by atoms with E-state index in [-0.39, 0.29) is 18.1 Å². The molecule has 0 aliphatic carbocycles. The highest BCUT2D eigenvalue weighted by molar-refractivity contribution is 5.82. The Kier molecular flexibility index (Phi) is 4.51. The number of hydrogen-bond acceptors (Lipinski definition) is 3. The van der Waals surface area contributed by atoms with E-state index in [1.807, 2.05) is 32.0 Å². The molecule has 0 bridgehead atoms. The third kappa shape index (κ3) is 3.05. The maximum atomic E-state index is 9.33. The summed E-state index contributed by atoms with van der Waals surface area (Å²) in [5.41, 5.74) is 2.11. The van der Waals surface area contributed by atoms with Gasteiger partial charge in [-0.2, -0.15) is 0 Å². The van der Waals surface area contributed by atoms with E-state index >= 15 is 0 Å². The largest absolute Gasteiger partial charge is 0.459 e. The fraction of sp³-hybridized carbons (Fsp3) is 0.529. The van der Waals surface area contributed by atoms with Gasteiger partial charge >= 0.3 is 0 Å². The maximum absolute atomic E-state index is 9.33. The lowest BCUT2D eigenvalue weighted by Crippen LogP contribution is -2.33. The standard InChI is InChI=1S/C17H25NO2/c1-5-13-14-8-6-7-9-15(14)20-16(13)12(2)18-10-17(3,4)11-19/h6-9,12,18-19H,5,10-11H2,1-4H3. The number of aryl methyl sites for hydroxylation is 1. The van der Waals surface area contributed by atoms with Gasteiger partial charge in [-0.15, -0.1) is 0 Å². The monoisotopic (exact) mass is 275 g/mol. The average molecular weight is 275 g/mol. The van der Waals surface area contributed by atoms with Gasteiger partial charge in [0.05, 0.1) is 6.04 Å². The van der Waals surface area contributed by atoms with Gasteiger partial charge in [-0.05, 0) is 19.4 Å². The van der Waals surface area contributed by atoms with Gasteiger partial charge in [-0.3, -0.25) is 0 Å². The smallest absolute Gasteiger partial charge is 0.134 e. The van der Waals surface area contributed by atoms with Crippen molar-refractivity contribution < 1.29 is 9.52 Å². The second-order valence-corrected chi connectivity index (χ2v) is 6.22. The molecule has 2 N–H and O–H groups in total. The third-order valence-electron chi connectivity index (χ3n) is 3.79. The van der Waals surface area contributed by atoms with Gasteiger partial charge in [0.1, 0.15) is 11.3 Å². The minimum absolute atomic E-state index is 0.118. The van der Waals surface area contributed by atoms with Gasteiger partial charge in [-0.25, -0.2) is 0 Å². The molecule has 0 saturated carbocycles. The Morgan fingerprint density at radius 2 is 2.00 bits per heavy atom. The van der Waals surface area contributed by atoms with Crippen LogP contribution in [-0.4, -0.2) is 18.3 Å². The van der Waals surface area contributed by atoms with Crippen LogP contribution in [0, 0.1) is 5.41 Å². The summed E-state index contributed by atoms with van der Waals surface area (Å²) in [5.74, 6) is 1.02. The van der Waals surface area contributed by atoms with Crippen LogP contribution in [0.2, 0.25) is 0 Å². The van der Waals surface area contributed by atoms with Crippen LogP contribution in [0.5, 0.6) is 0 Å². The fourth-order valence-corrected chi connectivity index (χ4v) is 2.41. The molecule has 0 aliphatic heterocycles. The van der Waals surface area contributed by atoms with E-state index in [9.17, 15) is 5.11 Å². The number of furan rings is 1. The van der Waals surface area contributed by atoms with Crippen molar-refractivity contribution >= 4 is 11.0 Å². The number of nitrogens with one attached hydrogen (secondary N) is 1. The van der Waals surface area contributed by atoms with E-state index in [2.05, 4.69) is 25.2 Å². The Bertz CT molecular complexity index is 571. The van der Waals surface area contributed by atoms with E-state index < -0.39 is 0 Å². The van der Waals surface area contributed by atoms with Crippen molar-refractivity contribution in [1.29, 1.82) is 0 Å². The summed E-state index contributed by atoms with van der Waals surface area (Å²) < 4.78 is 6.03. The zero-order valence-electron chi connectivity index (χ0n) is 12.9. The quantitative estimate of drug-likeness (QED) is 0.845. The van der Waals surface area contributed by atoms with Gasteiger partial charge in [0.15, 0.2) is 0 Å². The van der Waals surface area contributed by atoms with Crippen LogP contribution in [0.1, 0.15) is 45.1 Å². The van der Waals surface area contributed by atoms with Crippen molar-refractivity contribution in [2.24, 2.45) is 5.41 Å². The molecule has 1 atom stereocenters. The van der Waals surface area contributed by atoms with Crippen molar-refractivity contribution in [3.8, 4) is 0 Å². The van der Waals surface area contributed by atoms with Crippen molar-refractivity contribution in [2.75, 3.05) is 13.2 Å². The molecule has 3 heteroatoms. The molecule has 1 aromatic heterocycles. The van der Waals surface area contributed by atoms with Crippen molar-refractivity contribution in [2.45, 2.75) is 40.2 Å². The van der Waals surface area contributed by atoms with E-state index in [1.54, 1.807) is 0 Å². The summed E-state index contributed by atoms with van der Waals surface area (Å²) in [6.07, 6.45) is 0.960. The third-order valence-corrected chi connectivity index (χ3v) is 3.79. The Balaban J connectivity index is 2.23. The van der Waals surface area contributed by atoms with Gasteiger partial charge in [0, 0.05) is 29.5 Å². The lowest BCUT2D eigenvalue weighted by atomic mass is 9.94. The van der Waals surface area contributed by atoms with Gasteiger partial charge in [-0.1, -0.05) is 39.0 Å². The maximum Gasteiger partial charge on any atom is 0.134 e. The van der Waals surface area contributed by atoms with Crippen LogP contribution in [0.25, 0.3) is 11.0 Å². The van der Waals surface area contributed by atoms with E-state index in [4.69, 9.17) is 4.42 Å². The highest BCUT2D eigenvalue weighted by atomic mass is 16.3. The Labute approximate surface area is 121 Å². The molecular formula is C17H25NO2. The summed E-state index contributed by atoms with van der Waals surface area (Å²) in [4.78, 5) is 0. The molecular weight excluding hydrogens is 250 g/mol. The van der Waals surface area contributed by atoms with E-state index in [0.717, 1.165) is 24.3 Å². The predicted molar refractivity (Wildman–Crippen MR) is 82.9 cm³/mol. The van der Waals surface area contributed by atoms with E-state index in [1.165, 1.54) is 10.9 Å². The van der Waals surface area contributed by atoms with Crippen LogP contribution in [0.3, 0.4) is 0 Å². The molecule has 1 heterocycles. The molecule has 1 aromatic carbocycles. The molecule has 2 rings (SSSR count). The van der Waals surface area contributed by atoms with Crippen LogP contribution in [0.15, 0.2) is 28.7 Å². The Hall–Kier alpha value is -1.32. The van der Waals surface area contributed by atoms with Crippen molar-refractivity contribution in [3.63, 3.8) is 0 Å². The molecule has 20 heavy (non-hydrogen) atoms. The van der Waals surface area contributed by atoms with E-state index in [0.29, 0.717) is 0 Å². The lowest BCUT2D eigenvalue weighted by molar-refractivity contribution is 0.152. The number of aliphatic hydroxyl groups excluding tert-OH is 1. The number of aliphatic hydroxyl groups is 1. The highest BCUT2D eigenvalue weighted by Gasteiger charge is 2.21. The van der Waals surface area contributed by atoms with Crippen LogP contribution >= 0.6 is 0 Å². The number of hydrogen-bond donors (Lipinski definition) is 2. The topological polar surface area (TPSA) is 45.4 Å². The molecule has 0 fully saturated rings. The number of benzene rings is 1. The second kappa shape index (κ2) is 5.98. The highest BCUT2D eigenvalue weighted by Crippen LogP contribution is 2.30. The molecule has 0 spiro atoms. The minimum atomic E-state index is -0.118. The number of fused-ring (bicyclic) bond motifs is 1. The lowest BCUT2D eigenvalue weighted by Gasteiger charge is -2.24. The summed E-state index contributed by atoms with van der Waals surface area (Å²) in [6, 6.07) is 8.33. The number of para-hydroxylation sites is 1. The molecule has 2 aromatic rings. The van der Waals surface area contributed by atoms with Gasteiger partial charge < -0.3 is 14.8 Å². The predicted octanol–water partition coefficient (Wildman–Crippen LogP) is 3.66. The fourth-order valence-electron chi connectivity index (χ4n) is 2.41. The summed E-state index contributed by atoms with van der Waals surface area (Å²) >= 11 is 0. The average Bonchev–Trinajstić information content (AvgIpc) is 2.83. The normalized spacial score (nSPS) is 13.8. The summed E-state index contributed by atoms with van der Waals surface area (Å²) in [6.45, 7) is 9.30. The van der Waals surface area contributed by atoms with Crippen molar-refractivity contribution in [1.82, 2.24) is 5.32 Å². The van der Waals surface area contributed by atoms with Gasteiger partial charge in [0.2, 0.25) is 0 Å². The molecule has 0 aliphatic rings. The van der Waals surface area contributed by atoms with Gasteiger partial charge in [0.25, 0.3) is 0 Å². The first kappa shape index (κ1) is 15.1. The summed E-state index contributed by atoms with van der Waals surface area (Å²) in [7, 11) is 0. The Morgan fingerprint density at radius 1 is 1.30 bits per heavy atom.